The fourth-order valence-electron chi connectivity index (χ4n) is 1.94. The van der Waals surface area contributed by atoms with Crippen molar-refractivity contribution in [1.82, 2.24) is 9.78 Å². The zero-order valence-corrected chi connectivity index (χ0v) is 11.0. The normalized spacial score (nSPS) is 16.9. The van der Waals surface area contributed by atoms with Crippen molar-refractivity contribution >= 4 is 23.2 Å². The van der Waals surface area contributed by atoms with E-state index >= 15 is 0 Å². The molecule has 1 saturated carbocycles. The molecule has 1 aromatic rings. The molecule has 0 saturated heterocycles. The zero-order valence-electron chi connectivity index (χ0n) is 10.2. The number of nitrogens with zero attached hydrogens (tertiary/aromatic N) is 2. The summed E-state index contributed by atoms with van der Waals surface area (Å²) in [5.74, 6) is 0.368. The molecule has 1 atom stereocenters. The predicted octanol–water partition coefficient (Wildman–Crippen LogP) is 2.91. The van der Waals surface area contributed by atoms with Gasteiger partial charge in [0.15, 0.2) is 0 Å². The third-order valence-corrected chi connectivity index (χ3v) is 3.44. The molecule has 1 aromatic heterocycles. The molecular weight excluding hydrogens is 238 g/mol. The maximum atomic E-state index is 11.3. The van der Waals surface area contributed by atoms with Crippen molar-refractivity contribution in [2.75, 3.05) is 11.2 Å². The van der Waals surface area contributed by atoms with Crippen LogP contribution in [0.3, 0.4) is 0 Å². The van der Waals surface area contributed by atoms with Crippen LogP contribution in [0, 0.1) is 0 Å². The van der Waals surface area contributed by atoms with Crippen LogP contribution in [0.4, 0.5) is 5.69 Å². The van der Waals surface area contributed by atoms with Crippen LogP contribution in [0.25, 0.3) is 0 Å². The minimum Gasteiger partial charge on any atom is -0.322 e. The van der Waals surface area contributed by atoms with Crippen LogP contribution in [-0.2, 0) is 4.79 Å². The molecule has 2 rings (SSSR count). The molecule has 1 aliphatic carbocycles. The average molecular weight is 256 g/mol. The number of hydrogen-bond donors (Lipinski definition) is 1. The highest BCUT2D eigenvalue weighted by Gasteiger charge is 2.31. The van der Waals surface area contributed by atoms with Gasteiger partial charge in [0.25, 0.3) is 0 Å². The van der Waals surface area contributed by atoms with Gasteiger partial charge in [-0.2, -0.15) is 5.10 Å². The van der Waals surface area contributed by atoms with E-state index in [0.29, 0.717) is 12.0 Å². The van der Waals surface area contributed by atoms with E-state index in [2.05, 4.69) is 24.3 Å². The molecule has 5 heteroatoms. The van der Waals surface area contributed by atoms with E-state index in [-0.39, 0.29) is 11.8 Å². The van der Waals surface area contributed by atoms with Crippen molar-refractivity contribution in [2.24, 2.45) is 0 Å². The highest BCUT2D eigenvalue weighted by atomic mass is 35.5. The van der Waals surface area contributed by atoms with Gasteiger partial charge < -0.3 is 5.32 Å². The van der Waals surface area contributed by atoms with Gasteiger partial charge in [0.1, 0.15) is 5.88 Å². The first-order valence-corrected chi connectivity index (χ1v) is 6.64. The van der Waals surface area contributed by atoms with E-state index in [9.17, 15) is 4.79 Å². The Kier molecular flexibility index (Phi) is 3.72. The SMILES string of the molecule is CCC(C)n1ncc(NC(=O)CCl)c1C1CC1. The first kappa shape index (κ1) is 12.4. The Labute approximate surface area is 106 Å². The second-order valence-electron chi connectivity index (χ2n) is 4.60. The van der Waals surface area contributed by atoms with Crippen LogP contribution in [0.5, 0.6) is 0 Å². The minimum atomic E-state index is -0.169. The van der Waals surface area contributed by atoms with E-state index in [4.69, 9.17) is 11.6 Å². The molecule has 1 unspecified atom stereocenters. The molecule has 1 N–H and O–H groups in total. The summed E-state index contributed by atoms with van der Waals surface area (Å²) in [5, 5.41) is 7.22. The fourth-order valence-corrected chi connectivity index (χ4v) is 2.01. The van der Waals surface area contributed by atoms with Crippen molar-refractivity contribution in [2.45, 2.75) is 45.1 Å². The number of amides is 1. The van der Waals surface area contributed by atoms with E-state index < -0.39 is 0 Å². The molecular formula is C12H18ClN3O. The molecule has 1 aliphatic rings. The maximum Gasteiger partial charge on any atom is 0.239 e. The first-order valence-electron chi connectivity index (χ1n) is 6.10. The molecule has 1 fully saturated rings. The van der Waals surface area contributed by atoms with Gasteiger partial charge in [0.05, 0.1) is 17.6 Å². The quantitative estimate of drug-likeness (QED) is 0.823. The molecule has 0 spiro atoms. The molecule has 0 bridgehead atoms. The third-order valence-electron chi connectivity index (χ3n) is 3.20. The monoisotopic (exact) mass is 255 g/mol. The van der Waals surface area contributed by atoms with Gasteiger partial charge >= 0.3 is 0 Å². The summed E-state index contributed by atoms with van der Waals surface area (Å²) in [6.07, 6.45) is 5.15. The minimum absolute atomic E-state index is 0.0153. The van der Waals surface area contributed by atoms with Crippen molar-refractivity contribution < 1.29 is 4.79 Å². The number of alkyl halides is 1. The summed E-state index contributed by atoms with van der Waals surface area (Å²) in [6.45, 7) is 4.28. The summed E-state index contributed by atoms with van der Waals surface area (Å²) in [6, 6.07) is 0.368. The van der Waals surface area contributed by atoms with Crippen LogP contribution in [-0.4, -0.2) is 21.6 Å². The van der Waals surface area contributed by atoms with Crippen molar-refractivity contribution in [3.63, 3.8) is 0 Å². The molecule has 0 aliphatic heterocycles. The number of aromatic nitrogens is 2. The number of carbonyl (C=O) groups excluding carboxylic acids is 1. The molecule has 94 valence electrons. The number of anilines is 1. The number of hydrogen-bond acceptors (Lipinski definition) is 2. The second-order valence-corrected chi connectivity index (χ2v) is 4.87. The Morgan fingerprint density at radius 1 is 1.71 bits per heavy atom. The summed E-state index contributed by atoms with van der Waals surface area (Å²) in [7, 11) is 0. The van der Waals surface area contributed by atoms with Crippen molar-refractivity contribution in [1.29, 1.82) is 0 Å². The summed E-state index contributed by atoms with van der Waals surface area (Å²) in [4.78, 5) is 11.3. The van der Waals surface area contributed by atoms with Gasteiger partial charge in [0.2, 0.25) is 5.91 Å². The lowest BCUT2D eigenvalue weighted by molar-refractivity contribution is -0.113. The summed E-state index contributed by atoms with van der Waals surface area (Å²) >= 11 is 5.51. The predicted molar refractivity (Wildman–Crippen MR) is 68.6 cm³/mol. The van der Waals surface area contributed by atoms with Crippen LogP contribution >= 0.6 is 11.6 Å². The zero-order chi connectivity index (χ0) is 12.4. The molecule has 0 radical (unpaired) electrons. The third kappa shape index (κ3) is 2.63. The van der Waals surface area contributed by atoms with E-state index in [1.165, 1.54) is 12.8 Å². The molecule has 0 aromatic carbocycles. The number of nitrogens with one attached hydrogen (secondary N) is 1. The first-order chi connectivity index (χ1) is 8.17. The van der Waals surface area contributed by atoms with Gasteiger partial charge in [-0.05, 0) is 26.2 Å². The Morgan fingerprint density at radius 3 is 2.94 bits per heavy atom. The lowest BCUT2D eigenvalue weighted by Gasteiger charge is -2.14. The summed E-state index contributed by atoms with van der Waals surface area (Å²) < 4.78 is 2.04. The van der Waals surface area contributed by atoms with E-state index in [1.807, 2.05) is 4.68 Å². The summed E-state index contributed by atoms with van der Waals surface area (Å²) in [5.41, 5.74) is 2.00. The highest BCUT2D eigenvalue weighted by molar-refractivity contribution is 6.29. The standard InChI is InChI=1S/C12H18ClN3O/c1-3-8(2)16-12(9-4-5-9)10(7-14-16)15-11(17)6-13/h7-9H,3-6H2,1-2H3,(H,15,17). The van der Waals surface area contributed by atoms with Crippen LogP contribution in [0.15, 0.2) is 6.20 Å². The Balaban J connectivity index is 2.26. The van der Waals surface area contributed by atoms with Crippen LogP contribution in [0.1, 0.15) is 50.8 Å². The molecule has 4 nitrogen and oxygen atoms in total. The largest absolute Gasteiger partial charge is 0.322 e. The molecule has 17 heavy (non-hydrogen) atoms. The highest BCUT2D eigenvalue weighted by Crippen LogP contribution is 2.44. The molecule has 1 amide bonds. The Morgan fingerprint density at radius 2 is 2.41 bits per heavy atom. The lowest BCUT2D eigenvalue weighted by Crippen LogP contribution is -2.15. The fraction of sp³-hybridized carbons (Fsp3) is 0.667. The van der Waals surface area contributed by atoms with Crippen molar-refractivity contribution in [3.05, 3.63) is 11.9 Å². The lowest BCUT2D eigenvalue weighted by atomic mass is 10.2. The maximum absolute atomic E-state index is 11.3. The van der Waals surface area contributed by atoms with Gasteiger partial charge in [-0.1, -0.05) is 6.92 Å². The topological polar surface area (TPSA) is 46.9 Å². The van der Waals surface area contributed by atoms with Gasteiger partial charge in [0, 0.05) is 12.0 Å². The van der Waals surface area contributed by atoms with Gasteiger partial charge in [-0.25, -0.2) is 0 Å². The Hall–Kier alpha value is -1.03. The number of carbonyl (C=O) groups is 1. The van der Waals surface area contributed by atoms with Crippen LogP contribution < -0.4 is 5.32 Å². The van der Waals surface area contributed by atoms with Crippen molar-refractivity contribution in [3.8, 4) is 0 Å². The second kappa shape index (κ2) is 5.08. The smallest absolute Gasteiger partial charge is 0.239 e. The number of halogens is 1. The molecule has 1 heterocycles. The van der Waals surface area contributed by atoms with E-state index in [1.54, 1.807) is 6.20 Å². The van der Waals surface area contributed by atoms with E-state index in [0.717, 1.165) is 17.8 Å². The Bertz CT molecular complexity index is 412. The van der Waals surface area contributed by atoms with Gasteiger partial charge in [-0.3, -0.25) is 9.48 Å². The van der Waals surface area contributed by atoms with Gasteiger partial charge in [-0.15, -0.1) is 11.6 Å². The average Bonchev–Trinajstić information content (AvgIpc) is 3.10. The van der Waals surface area contributed by atoms with Crippen LogP contribution in [0.2, 0.25) is 0 Å². The number of rotatable bonds is 5.